The van der Waals surface area contributed by atoms with E-state index in [1.807, 2.05) is 11.8 Å². The Morgan fingerprint density at radius 3 is 2.20 bits per heavy atom. The average molecular weight is 214 g/mol. The molecule has 2 N–H and O–H groups in total. The summed E-state index contributed by atoms with van der Waals surface area (Å²) in [6, 6.07) is 0. The number of rotatable bonds is 6. The molecule has 0 aliphatic carbocycles. The van der Waals surface area contributed by atoms with E-state index in [2.05, 4.69) is 20.8 Å². The van der Waals surface area contributed by atoms with E-state index in [4.69, 9.17) is 5.73 Å². The van der Waals surface area contributed by atoms with E-state index < -0.39 is 0 Å². The van der Waals surface area contributed by atoms with Crippen LogP contribution in [0.3, 0.4) is 0 Å². The summed E-state index contributed by atoms with van der Waals surface area (Å²) < 4.78 is 0. The maximum Gasteiger partial charge on any atom is 0.222 e. The first-order chi connectivity index (χ1) is 6.93. The van der Waals surface area contributed by atoms with E-state index >= 15 is 0 Å². The number of unbranched alkanes of at least 4 members (excludes halogenated alkanes) is 2. The molecule has 0 aliphatic rings. The minimum absolute atomic E-state index is 0.0559. The van der Waals surface area contributed by atoms with Crippen molar-refractivity contribution in [2.24, 2.45) is 5.73 Å². The van der Waals surface area contributed by atoms with Gasteiger partial charge in [-0.1, -0.05) is 6.42 Å². The van der Waals surface area contributed by atoms with Gasteiger partial charge >= 0.3 is 0 Å². The molecule has 1 amide bonds. The van der Waals surface area contributed by atoms with Crippen molar-refractivity contribution in [3.8, 4) is 0 Å². The van der Waals surface area contributed by atoms with Crippen LogP contribution in [0.2, 0.25) is 0 Å². The van der Waals surface area contributed by atoms with Gasteiger partial charge in [-0.2, -0.15) is 0 Å². The van der Waals surface area contributed by atoms with Crippen molar-refractivity contribution >= 4 is 5.91 Å². The molecule has 3 nitrogen and oxygen atoms in total. The van der Waals surface area contributed by atoms with Gasteiger partial charge in [0.1, 0.15) is 0 Å². The molecule has 0 unspecified atom stereocenters. The van der Waals surface area contributed by atoms with Crippen molar-refractivity contribution in [1.82, 2.24) is 4.90 Å². The Labute approximate surface area is 94.0 Å². The molecule has 0 radical (unpaired) electrons. The zero-order chi connectivity index (χ0) is 11.9. The monoisotopic (exact) mass is 214 g/mol. The smallest absolute Gasteiger partial charge is 0.222 e. The molecule has 0 atom stereocenters. The van der Waals surface area contributed by atoms with Crippen molar-refractivity contribution in [1.29, 1.82) is 0 Å². The van der Waals surface area contributed by atoms with Gasteiger partial charge in [0.15, 0.2) is 0 Å². The number of nitrogens with zero attached hydrogens (tertiary/aromatic N) is 1. The maximum absolute atomic E-state index is 11.9. The van der Waals surface area contributed by atoms with Crippen LogP contribution in [0.4, 0.5) is 0 Å². The molecular formula is C12H26N2O. The number of amides is 1. The summed E-state index contributed by atoms with van der Waals surface area (Å²) in [6.07, 6.45) is 3.70. The lowest BCUT2D eigenvalue weighted by Crippen LogP contribution is -2.45. The number of hydrogen-bond acceptors (Lipinski definition) is 2. The fourth-order valence-electron chi connectivity index (χ4n) is 1.76. The standard InChI is InChI=1S/C12H26N2O/c1-5-14(12(2,3)4)11(15)9-7-6-8-10-13/h5-10,13H2,1-4H3. The summed E-state index contributed by atoms with van der Waals surface area (Å²) in [4.78, 5) is 13.8. The molecule has 3 heteroatoms. The van der Waals surface area contributed by atoms with Crippen LogP contribution in [0.15, 0.2) is 0 Å². The maximum atomic E-state index is 11.9. The Hall–Kier alpha value is -0.570. The van der Waals surface area contributed by atoms with Gasteiger partial charge in [-0.25, -0.2) is 0 Å². The Morgan fingerprint density at radius 2 is 1.80 bits per heavy atom. The van der Waals surface area contributed by atoms with Crippen LogP contribution >= 0.6 is 0 Å². The number of carbonyl (C=O) groups excluding carboxylic acids is 1. The zero-order valence-electron chi connectivity index (χ0n) is 10.7. The van der Waals surface area contributed by atoms with Crippen LogP contribution < -0.4 is 5.73 Å². The summed E-state index contributed by atoms with van der Waals surface area (Å²) in [5.74, 6) is 0.266. The van der Waals surface area contributed by atoms with Gasteiger partial charge in [0.2, 0.25) is 5.91 Å². The number of hydrogen-bond donors (Lipinski definition) is 1. The van der Waals surface area contributed by atoms with Crippen molar-refractivity contribution in [2.45, 2.75) is 58.9 Å². The second kappa shape index (κ2) is 6.83. The van der Waals surface area contributed by atoms with Crippen LogP contribution in [0.1, 0.15) is 53.4 Å². The topological polar surface area (TPSA) is 46.3 Å². The summed E-state index contributed by atoms with van der Waals surface area (Å²) in [6.45, 7) is 9.78. The minimum Gasteiger partial charge on any atom is -0.338 e. The fraction of sp³-hybridized carbons (Fsp3) is 0.917. The van der Waals surface area contributed by atoms with Crippen molar-refractivity contribution < 1.29 is 4.79 Å². The largest absolute Gasteiger partial charge is 0.338 e. The Morgan fingerprint density at radius 1 is 1.20 bits per heavy atom. The first-order valence-electron chi connectivity index (χ1n) is 5.94. The van der Waals surface area contributed by atoms with E-state index in [0.717, 1.165) is 32.4 Å². The summed E-state index contributed by atoms with van der Waals surface area (Å²) in [5, 5.41) is 0. The van der Waals surface area contributed by atoms with Gasteiger partial charge in [-0.15, -0.1) is 0 Å². The predicted molar refractivity (Wildman–Crippen MR) is 64.7 cm³/mol. The van der Waals surface area contributed by atoms with E-state index in [-0.39, 0.29) is 11.4 Å². The average Bonchev–Trinajstić information content (AvgIpc) is 2.11. The van der Waals surface area contributed by atoms with Crippen LogP contribution in [0.5, 0.6) is 0 Å². The van der Waals surface area contributed by atoms with Crippen molar-refractivity contribution in [3.05, 3.63) is 0 Å². The highest BCUT2D eigenvalue weighted by Gasteiger charge is 2.23. The van der Waals surface area contributed by atoms with Gasteiger partial charge in [0.05, 0.1) is 0 Å². The molecule has 0 saturated carbocycles. The molecule has 0 aromatic carbocycles. The molecule has 0 fully saturated rings. The van der Waals surface area contributed by atoms with Crippen LogP contribution in [-0.2, 0) is 4.79 Å². The quantitative estimate of drug-likeness (QED) is 0.689. The minimum atomic E-state index is -0.0559. The Kier molecular flexibility index (Phi) is 6.57. The third-order valence-electron chi connectivity index (χ3n) is 2.52. The zero-order valence-corrected chi connectivity index (χ0v) is 10.7. The third kappa shape index (κ3) is 5.78. The van der Waals surface area contributed by atoms with Gasteiger partial charge in [0, 0.05) is 18.5 Å². The molecule has 0 heterocycles. The molecule has 15 heavy (non-hydrogen) atoms. The van der Waals surface area contributed by atoms with Crippen molar-refractivity contribution in [2.75, 3.05) is 13.1 Å². The van der Waals surface area contributed by atoms with Gasteiger partial charge in [-0.05, 0) is 47.1 Å². The molecule has 0 rings (SSSR count). The second-order valence-corrected chi connectivity index (χ2v) is 4.91. The number of carbonyl (C=O) groups is 1. The summed E-state index contributed by atoms with van der Waals surface area (Å²) in [7, 11) is 0. The van der Waals surface area contributed by atoms with E-state index in [0.29, 0.717) is 6.42 Å². The first kappa shape index (κ1) is 14.4. The molecule has 0 aliphatic heterocycles. The molecule has 0 spiro atoms. The Balaban J connectivity index is 3.96. The highest BCUT2D eigenvalue weighted by atomic mass is 16.2. The van der Waals surface area contributed by atoms with Crippen LogP contribution in [0.25, 0.3) is 0 Å². The van der Waals surface area contributed by atoms with Gasteiger partial charge < -0.3 is 10.6 Å². The van der Waals surface area contributed by atoms with Crippen molar-refractivity contribution in [3.63, 3.8) is 0 Å². The highest BCUT2D eigenvalue weighted by molar-refractivity contribution is 5.76. The second-order valence-electron chi connectivity index (χ2n) is 4.91. The molecule has 0 aromatic rings. The normalized spacial score (nSPS) is 11.5. The lowest BCUT2D eigenvalue weighted by molar-refractivity contribution is -0.135. The fourth-order valence-corrected chi connectivity index (χ4v) is 1.76. The van der Waals surface area contributed by atoms with Crippen LogP contribution in [0, 0.1) is 0 Å². The van der Waals surface area contributed by atoms with E-state index in [1.165, 1.54) is 0 Å². The highest BCUT2D eigenvalue weighted by Crippen LogP contribution is 2.15. The lowest BCUT2D eigenvalue weighted by Gasteiger charge is -2.35. The van der Waals surface area contributed by atoms with E-state index in [1.54, 1.807) is 0 Å². The summed E-state index contributed by atoms with van der Waals surface area (Å²) >= 11 is 0. The molecule has 90 valence electrons. The molecular weight excluding hydrogens is 188 g/mol. The van der Waals surface area contributed by atoms with Gasteiger partial charge in [0.25, 0.3) is 0 Å². The molecule has 0 saturated heterocycles. The van der Waals surface area contributed by atoms with Crippen LogP contribution in [-0.4, -0.2) is 29.4 Å². The number of nitrogens with two attached hydrogens (primary N) is 1. The third-order valence-corrected chi connectivity index (χ3v) is 2.52. The SMILES string of the molecule is CCN(C(=O)CCCCCN)C(C)(C)C. The Bertz CT molecular complexity index is 185. The summed E-state index contributed by atoms with van der Waals surface area (Å²) in [5.41, 5.74) is 5.35. The lowest BCUT2D eigenvalue weighted by atomic mass is 10.0. The molecule has 0 aromatic heterocycles. The predicted octanol–water partition coefficient (Wildman–Crippen LogP) is 2.15. The molecule has 0 bridgehead atoms. The van der Waals surface area contributed by atoms with Gasteiger partial charge in [-0.3, -0.25) is 4.79 Å². The first-order valence-corrected chi connectivity index (χ1v) is 5.94. The van der Waals surface area contributed by atoms with E-state index in [9.17, 15) is 4.79 Å².